The van der Waals surface area contributed by atoms with Crippen LogP contribution in [0.3, 0.4) is 0 Å². The monoisotopic (exact) mass is 274 g/mol. The van der Waals surface area contributed by atoms with E-state index in [-0.39, 0.29) is 12.5 Å². The average molecular weight is 274 g/mol. The number of halogens is 2. The van der Waals surface area contributed by atoms with Gasteiger partial charge in [0.1, 0.15) is 0 Å². The number of aliphatic hydroxyl groups excluding tert-OH is 1. The van der Waals surface area contributed by atoms with E-state index in [1.165, 1.54) is 17.7 Å². The second-order valence-electron chi connectivity index (χ2n) is 5.23. The second-order valence-corrected chi connectivity index (χ2v) is 5.23. The SMILES string of the molecule is OCCC1c2ccccc2CCc2cc(F)c(F)cc21. The first kappa shape index (κ1) is 13.3. The summed E-state index contributed by atoms with van der Waals surface area (Å²) in [4.78, 5) is 0. The predicted molar refractivity (Wildman–Crippen MR) is 73.8 cm³/mol. The predicted octanol–water partition coefficient (Wildman–Crippen LogP) is 3.58. The molecule has 1 nitrogen and oxygen atoms in total. The molecule has 0 saturated carbocycles. The first-order valence-corrected chi connectivity index (χ1v) is 6.87. The number of aryl methyl sites for hydroxylation is 2. The third-order valence-corrected chi connectivity index (χ3v) is 4.07. The number of rotatable bonds is 2. The zero-order valence-corrected chi connectivity index (χ0v) is 11.1. The third-order valence-electron chi connectivity index (χ3n) is 4.07. The van der Waals surface area contributed by atoms with E-state index in [4.69, 9.17) is 0 Å². The van der Waals surface area contributed by atoms with Gasteiger partial charge in [-0.05, 0) is 53.6 Å². The number of fused-ring (bicyclic) bond motifs is 2. The van der Waals surface area contributed by atoms with E-state index in [0.717, 1.165) is 23.1 Å². The van der Waals surface area contributed by atoms with Crippen LogP contribution < -0.4 is 0 Å². The summed E-state index contributed by atoms with van der Waals surface area (Å²) in [6.07, 6.45) is 2.04. The van der Waals surface area contributed by atoms with Gasteiger partial charge < -0.3 is 5.11 Å². The van der Waals surface area contributed by atoms with E-state index in [9.17, 15) is 13.9 Å². The normalized spacial score (nSPS) is 17.2. The van der Waals surface area contributed by atoms with E-state index in [0.29, 0.717) is 12.8 Å². The van der Waals surface area contributed by atoms with Gasteiger partial charge in [0.25, 0.3) is 0 Å². The van der Waals surface area contributed by atoms with Crippen LogP contribution in [0.1, 0.15) is 34.6 Å². The van der Waals surface area contributed by atoms with Gasteiger partial charge in [-0.15, -0.1) is 0 Å². The van der Waals surface area contributed by atoms with Crippen LogP contribution in [0.4, 0.5) is 8.78 Å². The summed E-state index contributed by atoms with van der Waals surface area (Å²) in [5.41, 5.74) is 3.97. The van der Waals surface area contributed by atoms with Gasteiger partial charge in [-0.2, -0.15) is 0 Å². The molecular formula is C17H16F2O. The van der Waals surface area contributed by atoms with Crippen LogP contribution in [0.15, 0.2) is 36.4 Å². The van der Waals surface area contributed by atoms with Gasteiger partial charge in [-0.1, -0.05) is 24.3 Å². The summed E-state index contributed by atoms with van der Waals surface area (Å²) in [6.45, 7) is 0.0252. The van der Waals surface area contributed by atoms with E-state index < -0.39 is 11.6 Å². The van der Waals surface area contributed by atoms with Crippen molar-refractivity contribution < 1.29 is 13.9 Å². The molecular weight excluding hydrogens is 258 g/mol. The molecule has 0 fully saturated rings. The molecule has 0 radical (unpaired) electrons. The first-order valence-electron chi connectivity index (χ1n) is 6.87. The molecule has 0 heterocycles. The third kappa shape index (κ3) is 2.22. The van der Waals surface area contributed by atoms with E-state index in [2.05, 4.69) is 6.07 Å². The molecule has 1 unspecified atom stereocenters. The summed E-state index contributed by atoms with van der Waals surface area (Å²) >= 11 is 0. The second kappa shape index (κ2) is 5.33. The van der Waals surface area contributed by atoms with E-state index in [1.54, 1.807) is 0 Å². The number of benzene rings is 2. The lowest BCUT2D eigenvalue weighted by molar-refractivity contribution is 0.281. The molecule has 104 valence electrons. The summed E-state index contributed by atoms with van der Waals surface area (Å²) in [7, 11) is 0. The van der Waals surface area contributed by atoms with Crippen molar-refractivity contribution in [3.63, 3.8) is 0 Å². The Morgan fingerprint density at radius 3 is 2.45 bits per heavy atom. The summed E-state index contributed by atoms with van der Waals surface area (Å²) < 4.78 is 27.0. The van der Waals surface area contributed by atoms with Crippen molar-refractivity contribution in [2.24, 2.45) is 0 Å². The lowest BCUT2D eigenvalue weighted by Gasteiger charge is -2.19. The van der Waals surface area contributed by atoms with Gasteiger partial charge in [-0.3, -0.25) is 0 Å². The molecule has 3 rings (SSSR count). The molecule has 20 heavy (non-hydrogen) atoms. The van der Waals surface area contributed by atoms with Crippen LogP contribution in [-0.4, -0.2) is 11.7 Å². The number of hydrogen-bond donors (Lipinski definition) is 1. The molecule has 1 aliphatic carbocycles. The van der Waals surface area contributed by atoms with E-state index >= 15 is 0 Å². The van der Waals surface area contributed by atoms with Crippen LogP contribution in [0.5, 0.6) is 0 Å². The van der Waals surface area contributed by atoms with Gasteiger partial charge in [0.15, 0.2) is 11.6 Å². The van der Waals surface area contributed by atoms with Crippen molar-refractivity contribution >= 4 is 0 Å². The molecule has 0 bridgehead atoms. The molecule has 1 aliphatic rings. The Balaban J connectivity index is 2.18. The Labute approximate surface area is 116 Å². The standard InChI is InChI=1S/C17H16F2O/c18-16-9-12-6-5-11-3-1-2-4-13(11)14(7-8-20)15(12)10-17(16)19/h1-4,9-10,14,20H,5-8H2. The Bertz CT molecular complexity index is 637. The zero-order valence-electron chi connectivity index (χ0n) is 11.1. The largest absolute Gasteiger partial charge is 0.396 e. The Morgan fingerprint density at radius 2 is 1.65 bits per heavy atom. The van der Waals surface area contributed by atoms with Crippen molar-refractivity contribution in [1.29, 1.82) is 0 Å². The lowest BCUT2D eigenvalue weighted by atomic mass is 9.86. The molecule has 1 atom stereocenters. The minimum atomic E-state index is -0.814. The fourth-order valence-electron chi connectivity index (χ4n) is 3.12. The van der Waals surface area contributed by atoms with Crippen molar-refractivity contribution in [3.8, 4) is 0 Å². The van der Waals surface area contributed by atoms with Crippen LogP contribution in [0.2, 0.25) is 0 Å². The molecule has 0 amide bonds. The van der Waals surface area contributed by atoms with Gasteiger partial charge in [0.2, 0.25) is 0 Å². The Morgan fingerprint density at radius 1 is 0.950 bits per heavy atom. The van der Waals surface area contributed by atoms with Crippen molar-refractivity contribution in [1.82, 2.24) is 0 Å². The highest BCUT2D eigenvalue weighted by Crippen LogP contribution is 2.37. The topological polar surface area (TPSA) is 20.2 Å². The number of aliphatic hydroxyl groups is 1. The first-order chi connectivity index (χ1) is 9.70. The van der Waals surface area contributed by atoms with E-state index in [1.807, 2.05) is 18.2 Å². The molecule has 2 aromatic carbocycles. The van der Waals surface area contributed by atoms with Crippen LogP contribution in [-0.2, 0) is 12.8 Å². The lowest BCUT2D eigenvalue weighted by Crippen LogP contribution is -2.07. The number of hydrogen-bond acceptors (Lipinski definition) is 1. The van der Waals surface area contributed by atoms with Crippen molar-refractivity contribution in [2.45, 2.75) is 25.2 Å². The molecule has 0 spiro atoms. The van der Waals surface area contributed by atoms with Gasteiger partial charge >= 0.3 is 0 Å². The molecule has 0 aromatic heterocycles. The minimum absolute atomic E-state index is 0.0252. The van der Waals surface area contributed by atoms with Gasteiger partial charge in [0.05, 0.1) is 0 Å². The fourth-order valence-corrected chi connectivity index (χ4v) is 3.12. The molecule has 3 heteroatoms. The van der Waals surface area contributed by atoms with Crippen molar-refractivity contribution in [3.05, 3.63) is 70.3 Å². The van der Waals surface area contributed by atoms with Crippen LogP contribution >= 0.6 is 0 Å². The minimum Gasteiger partial charge on any atom is -0.396 e. The summed E-state index contributed by atoms with van der Waals surface area (Å²) in [5.74, 6) is -1.67. The van der Waals surface area contributed by atoms with Crippen molar-refractivity contribution in [2.75, 3.05) is 6.61 Å². The maximum absolute atomic E-state index is 13.6. The quantitative estimate of drug-likeness (QED) is 0.887. The summed E-state index contributed by atoms with van der Waals surface area (Å²) in [5, 5.41) is 9.32. The smallest absolute Gasteiger partial charge is 0.159 e. The highest BCUT2D eigenvalue weighted by molar-refractivity contribution is 5.45. The van der Waals surface area contributed by atoms with Gasteiger partial charge in [-0.25, -0.2) is 8.78 Å². The molecule has 0 aliphatic heterocycles. The highest BCUT2D eigenvalue weighted by Gasteiger charge is 2.24. The maximum atomic E-state index is 13.6. The summed E-state index contributed by atoms with van der Waals surface area (Å²) in [6, 6.07) is 10.6. The van der Waals surface area contributed by atoms with Crippen LogP contribution in [0.25, 0.3) is 0 Å². The highest BCUT2D eigenvalue weighted by atomic mass is 19.2. The van der Waals surface area contributed by atoms with Crippen LogP contribution in [0, 0.1) is 11.6 Å². The zero-order chi connectivity index (χ0) is 14.1. The molecule has 0 saturated heterocycles. The maximum Gasteiger partial charge on any atom is 0.159 e. The van der Waals surface area contributed by atoms with Gasteiger partial charge in [0, 0.05) is 12.5 Å². The Kier molecular flexibility index (Phi) is 3.53. The molecule has 2 aromatic rings. The Hall–Kier alpha value is -1.74. The average Bonchev–Trinajstić information content (AvgIpc) is 2.59. The fraction of sp³-hybridized carbons (Fsp3) is 0.294. The molecule has 1 N–H and O–H groups in total.